The summed E-state index contributed by atoms with van der Waals surface area (Å²) in [4.78, 5) is 13.4. The second-order valence-corrected chi connectivity index (χ2v) is 16.3. The van der Waals surface area contributed by atoms with E-state index in [-0.39, 0.29) is 17.5 Å². The van der Waals surface area contributed by atoms with Gasteiger partial charge >= 0.3 is 5.97 Å². The van der Waals surface area contributed by atoms with E-state index in [1.165, 1.54) is 62.1 Å². The first-order chi connectivity index (χ1) is 21.2. The summed E-state index contributed by atoms with van der Waals surface area (Å²) in [5.41, 5.74) is 3.06. The quantitative estimate of drug-likeness (QED) is 0.155. The van der Waals surface area contributed by atoms with Crippen molar-refractivity contribution in [3.8, 4) is 0 Å². The first kappa shape index (κ1) is 30.1. The Balaban J connectivity index is 1.02. The monoisotopic (exact) mass is 590 g/mol. The minimum Gasteiger partial charge on any atom is -0.458 e. The third kappa shape index (κ3) is 5.23. The molecule has 0 bridgehead atoms. The number of carbonyl (C=O) groups excluding carboxylic acids is 1. The summed E-state index contributed by atoms with van der Waals surface area (Å²) >= 11 is 0. The van der Waals surface area contributed by atoms with Crippen molar-refractivity contribution in [3.05, 3.63) is 71.8 Å². The van der Waals surface area contributed by atoms with Crippen LogP contribution in [0.4, 0.5) is 0 Å². The standard InChI is InChI=1S/C42H54O2/c1-27(2)9-8-10-28(3)37-17-18-38-36-16-15-34-26-35(19-21-41(34,4)39(36)20-22-42(37,38)5)44-40(43)32-14-13-31-23-29-11-6-7-12-30(29)24-33(31)25-32/h6-7,11-15,23-25,27-28,35-39H,8-10,16-22,26H2,1-5H3/t28-,35?,36?,37-,38?,39?,41+,42-/m1/s1. The van der Waals surface area contributed by atoms with Gasteiger partial charge in [-0.1, -0.05) is 95.9 Å². The van der Waals surface area contributed by atoms with Crippen LogP contribution in [-0.4, -0.2) is 12.1 Å². The largest absolute Gasteiger partial charge is 0.458 e. The van der Waals surface area contributed by atoms with Crippen LogP contribution >= 0.6 is 0 Å². The van der Waals surface area contributed by atoms with Crippen molar-refractivity contribution in [2.45, 2.75) is 111 Å². The number of ether oxygens (including phenoxy) is 1. The molecule has 3 fully saturated rings. The second kappa shape index (κ2) is 11.6. The molecule has 8 atom stereocenters. The molecule has 234 valence electrons. The van der Waals surface area contributed by atoms with Gasteiger partial charge in [0.05, 0.1) is 5.56 Å². The Morgan fingerprint density at radius 2 is 1.59 bits per heavy atom. The normalized spacial score (nSPS) is 33.9. The molecule has 0 spiro atoms. The molecule has 2 heteroatoms. The first-order valence-corrected chi connectivity index (χ1v) is 18.0. The van der Waals surface area contributed by atoms with Gasteiger partial charge < -0.3 is 4.74 Å². The van der Waals surface area contributed by atoms with Crippen molar-refractivity contribution in [1.82, 2.24) is 0 Å². The van der Waals surface area contributed by atoms with Crippen LogP contribution in [0.3, 0.4) is 0 Å². The van der Waals surface area contributed by atoms with Gasteiger partial charge in [0.15, 0.2) is 0 Å². The Morgan fingerprint density at radius 1 is 0.841 bits per heavy atom. The molecule has 0 amide bonds. The van der Waals surface area contributed by atoms with Crippen LogP contribution in [0.1, 0.15) is 116 Å². The van der Waals surface area contributed by atoms with E-state index in [4.69, 9.17) is 4.74 Å². The fourth-order valence-electron chi connectivity index (χ4n) is 11.0. The predicted octanol–water partition coefficient (Wildman–Crippen LogP) is 11.6. The van der Waals surface area contributed by atoms with Gasteiger partial charge in [0.25, 0.3) is 0 Å². The van der Waals surface area contributed by atoms with E-state index in [1.807, 2.05) is 12.1 Å². The van der Waals surface area contributed by atoms with E-state index in [0.717, 1.165) is 65.5 Å². The SMILES string of the molecule is CC(C)CCC[C@@H](C)[C@H]1CCC2C3CC=C4CC(OC(=O)c5ccc6cc7ccccc7cc6c5)CC[C@]4(C)C3CC[C@@]21C. The molecule has 0 aromatic heterocycles. The fraction of sp³-hybridized carbons (Fsp3) is 0.595. The smallest absolute Gasteiger partial charge is 0.338 e. The number of fused-ring (bicyclic) bond motifs is 7. The predicted molar refractivity (Wildman–Crippen MR) is 184 cm³/mol. The molecule has 44 heavy (non-hydrogen) atoms. The molecule has 7 rings (SSSR count). The van der Waals surface area contributed by atoms with Gasteiger partial charge in [0, 0.05) is 6.42 Å². The van der Waals surface area contributed by atoms with Crippen LogP contribution in [0, 0.1) is 46.3 Å². The molecule has 0 saturated heterocycles. The first-order valence-electron chi connectivity index (χ1n) is 18.0. The summed E-state index contributed by atoms with van der Waals surface area (Å²) in [6.45, 7) is 12.6. The highest BCUT2D eigenvalue weighted by Gasteiger charge is 2.59. The van der Waals surface area contributed by atoms with Gasteiger partial charge in [-0.15, -0.1) is 0 Å². The number of benzene rings is 3. The fourth-order valence-corrected chi connectivity index (χ4v) is 11.0. The number of esters is 1. The molecule has 3 saturated carbocycles. The highest BCUT2D eigenvalue weighted by molar-refractivity contribution is 6.01. The molecule has 0 N–H and O–H groups in total. The van der Waals surface area contributed by atoms with Gasteiger partial charge in [-0.2, -0.15) is 0 Å². The minimum atomic E-state index is -0.170. The van der Waals surface area contributed by atoms with Crippen LogP contribution < -0.4 is 0 Å². The van der Waals surface area contributed by atoms with Crippen molar-refractivity contribution in [2.75, 3.05) is 0 Å². The van der Waals surface area contributed by atoms with E-state index >= 15 is 0 Å². The van der Waals surface area contributed by atoms with Gasteiger partial charge in [0.2, 0.25) is 0 Å². The van der Waals surface area contributed by atoms with Crippen LogP contribution in [0.15, 0.2) is 66.2 Å². The Bertz CT molecular complexity index is 1560. The highest BCUT2D eigenvalue weighted by Crippen LogP contribution is 2.67. The molecule has 3 aromatic carbocycles. The third-order valence-corrected chi connectivity index (χ3v) is 13.5. The van der Waals surface area contributed by atoms with Crippen LogP contribution in [0.5, 0.6) is 0 Å². The van der Waals surface area contributed by atoms with Crippen LogP contribution in [0.2, 0.25) is 0 Å². The van der Waals surface area contributed by atoms with Crippen molar-refractivity contribution in [3.63, 3.8) is 0 Å². The van der Waals surface area contributed by atoms with Crippen molar-refractivity contribution in [1.29, 1.82) is 0 Å². The van der Waals surface area contributed by atoms with Crippen molar-refractivity contribution < 1.29 is 9.53 Å². The second-order valence-electron chi connectivity index (χ2n) is 16.3. The number of hydrogen-bond acceptors (Lipinski definition) is 2. The topological polar surface area (TPSA) is 26.3 Å². The van der Waals surface area contributed by atoms with Crippen LogP contribution in [0.25, 0.3) is 21.5 Å². The summed E-state index contributed by atoms with van der Waals surface area (Å²) < 4.78 is 6.24. The average Bonchev–Trinajstić information content (AvgIpc) is 3.37. The lowest BCUT2D eigenvalue weighted by Crippen LogP contribution is -2.51. The number of hydrogen-bond donors (Lipinski definition) is 0. The lowest BCUT2D eigenvalue weighted by Gasteiger charge is -2.58. The number of allylic oxidation sites excluding steroid dienone is 1. The van der Waals surface area contributed by atoms with Crippen LogP contribution in [-0.2, 0) is 4.74 Å². The van der Waals surface area contributed by atoms with Gasteiger partial charge in [0.1, 0.15) is 6.10 Å². The molecule has 4 unspecified atom stereocenters. The molecule has 0 heterocycles. The molecule has 4 aliphatic carbocycles. The number of rotatable bonds is 7. The maximum absolute atomic E-state index is 13.4. The van der Waals surface area contributed by atoms with Gasteiger partial charge in [-0.25, -0.2) is 4.79 Å². The van der Waals surface area contributed by atoms with Gasteiger partial charge in [-0.05, 0) is 137 Å². The summed E-state index contributed by atoms with van der Waals surface area (Å²) in [7, 11) is 0. The maximum Gasteiger partial charge on any atom is 0.338 e. The summed E-state index contributed by atoms with van der Waals surface area (Å²) in [5.74, 6) is 4.93. The van der Waals surface area contributed by atoms with E-state index in [2.05, 4.69) is 83.2 Å². The summed E-state index contributed by atoms with van der Waals surface area (Å²) in [6.07, 6.45) is 16.8. The van der Waals surface area contributed by atoms with E-state index in [0.29, 0.717) is 11.0 Å². The maximum atomic E-state index is 13.4. The Labute approximate surface area is 266 Å². The third-order valence-electron chi connectivity index (χ3n) is 13.5. The minimum absolute atomic E-state index is 0.0120. The Kier molecular flexibility index (Phi) is 7.95. The Morgan fingerprint density at radius 3 is 2.36 bits per heavy atom. The average molecular weight is 591 g/mol. The lowest BCUT2D eigenvalue weighted by atomic mass is 9.47. The number of carbonyl (C=O) groups is 1. The zero-order valence-electron chi connectivity index (χ0n) is 27.9. The molecule has 0 aliphatic heterocycles. The molecule has 3 aromatic rings. The summed E-state index contributed by atoms with van der Waals surface area (Å²) in [5, 5.41) is 4.68. The zero-order valence-corrected chi connectivity index (χ0v) is 27.9. The van der Waals surface area contributed by atoms with E-state index in [9.17, 15) is 4.79 Å². The lowest BCUT2D eigenvalue weighted by molar-refractivity contribution is -0.0594. The molecule has 4 aliphatic rings. The highest BCUT2D eigenvalue weighted by atomic mass is 16.5. The van der Waals surface area contributed by atoms with E-state index < -0.39 is 0 Å². The molecular formula is C42H54O2. The van der Waals surface area contributed by atoms with Crippen molar-refractivity contribution >= 4 is 27.5 Å². The summed E-state index contributed by atoms with van der Waals surface area (Å²) in [6, 6.07) is 18.8. The Hall–Kier alpha value is -2.61. The zero-order chi connectivity index (χ0) is 30.6. The molecular weight excluding hydrogens is 536 g/mol. The molecule has 0 radical (unpaired) electrons. The molecule has 2 nitrogen and oxygen atoms in total. The van der Waals surface area contributed by atoms with E-state index in [1.54, 1.807) is 5.57 Å². The van der Waals surface area contributed by atoms with Gasteiger partial charge in [-0.3, -0.25) is 0 Å². The van der Waals surface area contributed by atoms with Crippen molar-refractivity contribution in [2.24, 2.45) is 46.3 Å².